The molecule has 0 saturated heterocycles. The van der Waals surface area contributed by atoms with Gasteiger partial charge in [0.05, 0.1) is 19.5 Å². The van der Waals surface area contributed by atoms with Crippen LogP contribution in [0.3, 0.4) is 0 Å². The molecule has 1 heterocycles. The first-order valence-electron chi connectivity index (χ1n) is 5.96. The molecule has 5 nitrogen and oxygen atoms in total. The van der Waals surface area contributed by atoms with Crippen LogP contribution in [0.4, 0.5) is 0 Å². The van der Waals surface area contributed by atoms with Gasteiger partial charge in [-0.3, -0.25) is 4.57 Å². The molecule has 0 amide bonds. The van der Waals surface area contributed by atoms with Crippen LogP contribution in [-0.2, 0) is 16.2 Å². The molecule has 0 aliphatic heterocycles. The molecule has 0 bridgehead atoms. The van der Waals surface area contributed by atoms with E-state index < -0.39 is 16.0 Å². The Labute approximate surface area is 124 Å². The second-order valence-electron chi connectivity index (χ2n) is 4.91. The van der Waals surface area contributed by atoms with Crippen molar-refractivity contribution in [2.45, 2.75) is 13.7 Å². The van der Waals surface area contributed by atoms with Crippen LogP contribution < -0.4 is 0 Å². The molecule has 0 unspecified atom stereocenters. The van der Waals surface area contributed by atoms with E-state index in [1.807, 2.05) is 0 Å². The Morgan fingerprint density at radius 3 is 2.74 bits per heavy atom. The van der Waals surface area contributed by atoms with E-state index in [0.717, 1.165) is 5.75 Å². The first kappa shape index (κ1) is 16.5. The van der Waals surface area contributed by atoms with Crippen LogP contribution >= 0.6 is 26.0 Å². The third-order valence-corrected chi connectivity index (χ3v) is 4.30. The lowest BCUT2D eigenvalue weighted by atomic mass is 10.5. The Balaban J connectivity index is 2.57. The SMILES string of the molecule is CCOC(=O)c1c(Br)ncn1COCCS(C)(C)C. The van der Waals surface area contributed by atoms with Crippen LogP contribution in [0, 0.1) is 0 Å². The van der Waals surface area contributed by atoms with E-state index in [0.29, 0.717) is 30.2 Å². The summed E-state index contributed by atoms with van der Waals surface area (Å²) in [5.74, 6) is 0.648. The molecule has 0 aliphatic rings. The van der Waals surface area contributed by atoms with Crippen molar-refractivity contribution in [2.75, 3.05) is 37.7 Å². The first-order chi connectivity index (χ1) is 8.85. The van der Waals surface area contributed by atoms with Gasteiger partial charge in [0.1, 0.15) is 11.3 Å². The van der Waals surface area contributed by atoms with Gasteiger partial charge in [-0.1, -0.05) is 0 Å². The smallest absolute Gasteiger partial charge is 0.357 e. The van der Waals surface area contributed by atoms with E-state index in [2.05, 4.69) is 39.7 Å². The minimum absolute atomic E-state index is 0.308. The molecule has 0 atom stereocenters. The predicted octanol–water partition coefficient (Wildman–Crippen LogP) is 2.49. The predicted molar refractivity (Wildman–Crippen MR) is 82.1 cm³/mol. The summed E-state index contributed by atoms with van der Waals surface area (Å²) in [6, 6.07) is 0. The first-order valence-corrected chi connectivity index (χ1v) is 9.78. The van der Waals surface area contributed by atoms with Crippen LogP contribution in [0.2, 0.25) is 0 Å². The van der Waals surface area contributed by atoms with Crippen molar-refractivity contribution < 1.29 is 14.3 Å². The third-order valence-electron chi connectivity index (χ3n) is 2.33. The number of carbonyl (C=O) groups is 1. The highest BCUT2D eigenvalue weighted by atomic mass is 79.9. The Morgan fingerprint density at radius 2 is 2.16 bits per heavy atom. The quantitative estimate of drug-likeness (QED) is 0.558. The maximum absolute atomic E-state index is 11.8. The maximum Gasteiger partial charge on any atom is 0.357 e. The maximum atomic E-state index is 11.8. The molecule has 0 N–H and O–H groups in total. The summed E-state index contributed by atoms with van der Waals surface area (Å²) in [4.78, 5) is 15.8. The molecule has 0 saturated carbocycles. The van der Waals surface area contributed by atoms with E-state index in [4.69, 9.17) is 9.47 Å². The van der Waals surface area contributed by atoms with Gasteiger partial charge < -0.3 is 9.47 Å². The molecular formula is C12H21BrN2O3S. The number of nitrogens with zero attached hydrogens (tertiary/aromatic N) is 2. The second kappa shape index (κ2) is 7.31. The normalized spacial score (nSPS) is 12.5. The van der Waals surface area contributed by atoms with Crippen molar-refractivity contribution in [3.8, 4) is 0 Å². The van der Waals surface area contributed by atoms with Crippen molar-refractivity contribution >= 4 is 31.9 Å². The lowest BCUT2D eigenvalue weighted by molar-refractivity contribution is 0.0474. The second-order valence-corrected chi connectivity index (χ2v) is 10.2. The average molecular weight is 353 g/mol. The van der Waals surface area contributed by atoms with Gasteiger partial charge in [0, 0.05) is 5.75 Å². The molecule has 1 aromatic heterocycles. The molecule has 7 heteroatoms. The average Bonchev–Trinajstić information content (AvgIpc) is 2.65. The molecule has 1 aromatic rings. The van der Waals surface area contributed by atoms with Gasteiger partial charge in [-0.25, -0.2) is 19.8 Å². The van der Waals surface area contributed by atoms with E-state index in [1.54, 1.807) is 17.8 Å². The molecule has 0 radical (unpaired) electrons. The van der Waals surface area contributed by atoms with Crippen LogP contribution in [-0.4, -0.2) is 53.3 Å². The van der Waals surface area contributed by atoms with Crippen molar-refractivity contribution in [2.24, 2.45) is 0 Å². The van der Waals surface area contributed by atoms with Gasteiger partial charge in [-0.05, 0) is 41.6 Å². The number of imidazole rings is 1. The fourth-order valence-corrected chi connectivity index (χ4v) is 2.43. The van der Waals surface area contributed by atoms with Gasteiger partial charge in [-0.15, -0.1) is 0 Å². The summed E-state index contributed by atoms with van der Waals surface area (Å²) in [6.07, 6.45) is 8.30. The van der Waals surface area contributed by atoms with E-state index in [1.165, 1.54) is 0 Å². The van der Waals surface area contributed by atoms with Crippen molar-refractivity contribution in [1.29, 1.82) is 0 Å². The number of carbonyl (C=O) groups excluding carboxylic acids is 1. The monoisotopic (exact) mass is 352 g/mol. The summed E-state index contributed by atoms with van der Waals surface area (Å²) in [5.41, 5.74) is 0.393. The fourth-order valence-electron chi connectivity index (χ4n) is 1.33. The lowest BCUT2D eigenvalue weighted by Crippen LogP contribution is -2.15. The molecule has 1 rings (SSSR count). The summed E-state index contributed by atoms with van der Waals surface area (Å²) in [5, 5.41) is 0. The standard InChI is InChI=1S/C12H21BrN2O3S/c1-5-18-12(16)10-11(13)14-8-15(10)9-17-6-7-19(2,3)4/h8H,5-7,9H2,1-4H3. The zero-order valence-corrected chi connectivity index (χ0v) is 14.2. The van der Waals surface area contributed by atoms with Gasteiger partial charge in [-0.2, -0.15) is 0 Å². The number of aromatic nitrogens is 2. The fraction of sp³-hybridized carbons (Fsp3) is 0.667. The Bertz CT molecular complexity index is 429. The number of hydrogen-bond donors (Lipinski definition) is 0. The summed E-state index contributed by atoms with van der Waals surface area (Å²) in [6.45, 7) is 3.10. The van der Waals surface area contributed by atoms with Crippen LogP contribution in [0.5, 0.6) is 0 Å². The molecule has 0 aromatic carbocycles. The van der Waals surface area contributed by atoms with Crippen LogP contribution in [0.25, 0.3) is 0 Å². The van der Waals surface area contributed by atoms with Gasteiger partial charge in [0.15, 0.2) is 5.69 Å². The van der Waals surface area contributed by atoms with Crippen LogP contribution in [0.1, 0.15) is 17.4 Å². The highest BCUT2D eigenvalue weighted by Gasteiger charge is 2.18. The number of hydrogen-bond acceptors (Lipinski definition) is 4. The van der Waals surface area contributed by atoms with Crippen LogP contribution in [0.15, 0.2) is 10.9 Å². The summed E-state index contributed by atoms with van der Waals surface area (Å²) in [7, 11) is -0.559. The molecule has 19 heavy (non-hydrogen) atoms. The Morgan fingerprint density at radius 1 is 1.47 bits per heavy atom. The highest BCUT2D eigenvalue weighted by Crippen LogP contribution is 2.33. The largest absolute Gasteiger partial charge is 0.461 e. The Kier molecular flexibility index (Phi) is 6.35. The van der Waals surface area contributed by atoms with E-state index >= 15 is 0 Å². The zero-order valence-electron chi connectivity index (χ0n) is 11.8. The highest BCUT2D eigenvalue weighted by molar-refractivity contribution is 9.10. The van der Waals surface area contributed by atoms with Gasteiger partial charge >= 0.3 is 5.97 Å². The van der Waals surface area contributed by atoms with E-state index in [9.17, 15) is 4.79 Å². The molecular weight excluding hydrogens is 332 g/mol. The molecule has 0 spiro atoms. The number of esters is 1. The number of halogens is 1. The lowest BCUT2D eigenvalue weighted by Gasteiger charge is -2.24. The number of rotatable bonds is 7. The van der Waals surface area contributed by atoms with Gasteiger partial charge in [0.25, 0.3) is 0 Å². The summed E-state index contributed by atoms with van der Waals surface area (Å²) >= 11 is 3.24. The minimum atomic E-state index is -0.559. The van der Waals surface area contributed by atoms with Gasteiger partial charge in [0.2, 0.25) is 0 Å². The number of ether oxygens (including phenoxy) is 2. The summed E-state index contributed by atoms with van der Waals surface area (Å²) < 4.78 is 12.7. The molecule has 0 fully saturated rings. The third kappa shape index (κ3) is 5.54. The zero-order chi connectivity index (χ0) is 14.5. The topological polar surface area (TPSA) is 53.3 Å². The van der Waals surface area contributed by atoms with Crippen molar-refractivity contribution in [1.82, 2.24) is 9.55 Å². The molecule has 110 valence electrons. The minimum Gasteiger partial charge on any atom is -0.461 e. The Hall–Kier alpha value is -0.530. The van der Waals surface area contributed by atoms with Crippen molar-refractivity contribution in [3.05, 3.63) is 16.6 Å². The molecule has 0 aliphatic carbocycles. The van der Waals surface area contributed by atoms with Crippen molar-refractivity contribution in [3.63, 3.8) is 0 Å². The van der Waals surface area contributed by atoms with E-state index in [-0.39, 0.29) is 0 Å².